The Bertz CT molecular complexity index is 184. The van der Waals surface area contributed by atoms with E-state index in [9.17, 15) is 0 Å². The molecule has 0 amide bonds. The van der Waals surface area contributed by atoms with Crippen LogP contribution in [0, 0.1) is 5.92 Å². The van der Waals surface area contributed by atoms with Gasteiger partial charge in [0.1, 0.15) is 6.61 Å². The monoisotopic (exact) mass is 201 g/mol. The Hall–Kier alpha value is -0.310. The topological polar surface area (TPSA) is 12.5 Å². The maximum absolute atomic E-state index is 5.31. The zero-order valence-electron chi connectivity index (χ0n) is 8.75. The maximum Gasteiger partial charge on any atom is 0.259 e. The summed E-state index contributed by atoms with van der Waals surface area (Å²) in [6.07, 6.45) is 2.51. The lowest BCUT2D eigenvalue weighted by molar-refractivity contribution is 0.212. The number of fused-ring (bicyclic) bond motifs is 1. The molecule has 0 radical (unpaired) electrons. The van der Waals surface area contributed by atoms with Gasteiger partial charge in [-0.3, -0.25) is 0 Å². The zero-order chi connectivity index (χ0) is 9.84. The van der Waals surface area contributed by atoms with E-state index in [1.165, 1.54) is 12.8 Å². The highest BCUT2D eigenvalue weighted by molar-refractivity contribution is 7.80. The second-order valence-electron chi connectivity index (χ2n) is 3.55. The molecular weight excluding hydrogens is 182 g/mol. The number of hydrogen-bond donors (Lipinski definition) is 0. The van der Waals surface area contributed by atoms with Crippen LogP contribution in [0.4, 0.5) is 0 Å². The first-order valence-corrected chi connectivity index (χ1v) is 5.61. The van der Waals surface area contributed by atoms with E-state index < -0.39 is 0 Å². The van der Waals surface area contributed by atoms with Gasteiger partial charge in [0.15, 0.2) is 0 Å². The summed E-state index contributed by atoms with van der Waals surface area (Å²) in [6, 6.07) is 0.589. The number of nitrogens with zero attached hydrogens (tertiary/aromatic N) is 1. The van der Waals surface area contributed by atoms with Crippen LogP contribution in [0.3, 0.4) is 0 Å². The molecule has 2 nitrogen and oxygen atoms in total. The van der Waals surface area contributed by atoms with Gasteiger partial charge >= 0.3 is 0 Å². The van der Waals surface area contributed by atoms with Crippen LogP contribution in [-0.4, -0.2) is 29.3 Å². The van der Waals surface area contributed by atoms with Crippen molar-refractivity contribution in [3.8, 4) is 0 Å². The lowest BCUT2D eigenvalue weighted by atomic mass is 9.94. The van der Waals surface area contributed by atoms with Crippen molar-refractivity contribution >= 4 is 17.4 Å². The zero-order valence-corrected chi connectivity index (χ0v) is 9.56. The average Bonchev–Trinajstić information content (AvgIpc) is 2.51. The van der Waals surface area contributed by atoms with Gasteiger partial charge in [0, 0.05) is 6.54 Å². The Kier molecular flexibility index (Phi) is 3.97. The van der Waals surface area contributed by atoms with Crippen LogP contribution in [-0.2, 0) is 4.74 Å². The molecule has 0 aliphatic carbocycles. The third kappa shape index (κ3) is 2.33. The first-order chi connectivity index (χ1) is 6.27. The van der Waals surface area contributed by atoms with Crippen molar-refractivity contribution < 1.29 is 4.74 Å². The highest BCUT2D eigenvalue weighted by Crippen LogP contribution is 2.26. The minimum absolute atomic E-state index is 0.589. The van der Waals surface area contributed by atoms with Crippen molar-refractivity contribution in [2.45, 2.75) is 39.7 Å². The molecule has 2 heterocycles. The SMILES string of the molecule is CC.CC1CCN2C(=S)OCC2C1. The molecule has 2 unspecified atom stereocenters. The largest absolute Gasteiger partial charge is 0.469 e. The van der Waals surface area contributed by atoms with Crippen LogP contribution in [0.15, 0.2) is 0 Å². The average molecular weight is 201 g/mol. The summed E-state index contributed by atoms with van der Waals surface area (Å²) in [7, 11) is 0. The molecule has 3 heteroatoms. The molecule has 2 aliphatic rings. The van der Waals surface area contributed by atoms with Crippen LogP contribution in [0.5, 0.6) is 0 Å². The number of piperidine rings is 1. The van der Waals surface area contributed by atoms with E-state index in [-0.39, 0.29) is 0 Å². The molecule has 0 bridgehead atoms. The highest BCUT2D eigenvalue weighted by atomic mass is 32.1. The van der Waals surface area contributed by atoms with Gasteiger partial charge in [0.05, 0.1) is 6.04 Å². The molecule has 0 saturated carbocycles. The number of thiocarbonyl (C=S) groups is 1. The van der Waals surface area contributed by atoms with Crippen molar-refractivity contribution in [1.29, 1.82) is 0 Å². The summed E-state index contributed by atoms with van der Waals surface area (Å²) in [6.45, 7) is 8.23. The fourth-order valence-corrected chi connectivity index (χ4v) is 2.21. The van der Waals surface area contributed by atoms with Crippen molar-refractivity contribution in [1.82, 2.24) is 4.90 Å². The van der Waals surface area contributed by atoms with Gasteiger partial charge in [-0.25, -0.2) is 0 Å². The first kappa shape index (κ1) is 10.8. The fourth-order valence-electron chi connectivity index (χ4n) is 1.90. The van der Waals surface area contributed by atoms with Gasteiger partial charge in [-0.05, 0) is 31.0 Å². The van der Waals surface area contributed by atoms with E-state index in [1.54, 1.807) is 0 Å². The number of ether oxygens (including phenoxy) is 1. The van der Waals surface area contributed by atoms with Crippen molar-refractivity contribution in [2.24, 2.45) is 5.92 Å². The summed E-state index contributed by atoms with van der Waals surface area (Å²) in [5, 5.41) is 0.724. The lowest BCUT2D eigenvalue weighted by Gasteiger charge is -2.31. The lowest BCUT2D eigenvalue weighted by Crippen LogP contribution is -2.40. The summed E-state index contributed by atoms with van der Waals surface area (Å²) in [5.41, 5.74) is 0. The van der Waals surface area contributed by atoms with Gasteiger partial charge < -0.3 is 9.64 Å². The minimum atomic E-state index is 0.589. The molecule has 76 valence electrons. The van der Waals surface area contributed by atoms with E-state index in [1.807, 2.05) is 13.8 Å². The quantitative estimate of drug-likeness (QED) is 0.559. The summed E-state index contributed by atoms with van der Waals surface area (Å²) < 4.78 is 5.31. The molecule has 0 aromatic rings. The smallest absolute Gasteiger partial charge is 0.259 e. The van der Waals surface area contributed by atoms with E-state index in [0.717, 1.165) is 24.2 Å². The molecule has 0 aromatic carbocycles. The molecule has 0 aromatic heterocycles. The molecular formula is C10H19NOS. The molecule has 2 aliphatic heterocycles. The number of hydrogen-bond acceptors (Lipinski definition) is 2. The summed E-state index contributed by atoms with van der Waals surface area (Å²) >= 11 is 5.06. The third-order valence-corrected chi connectivity index (χ3v) is 2.96. The molecule has 2 saturated heterocycles. The maximum atomic E-state index is 5.31. The second-order valence-corrected chi connectivity index (χ2v) is 3.90. The Morgan fingerprint density at radius 1 is 1.46 bits per heavy atom. The van der Waals surface area contributed by atoms with Crippen LogP contribution in [0.25, 0.3) is 0 Å². The van der Waals surface area contributed by atoms with Crippen LogP contribution >= 0.6 is 12.2 Å². The van der Waals surface area contributed by atoms with E-state index >= 15 is 0 Å². The van der Waals surface area contributed by atoms with Gasteiger partial charge in [-0.1, -0.05) is 20.8 Å². The third-order valence-electron chi connectivity index (χ3n) is 2.61. The van der Waals surface area contributed by atoms with Crippen LogP contribution in [0.2, 0.25) is 0 Å². The predicted octanol–water partition coefficient (Wildman–Crippen LogP) is 2.43. The van der Waals surface area contributed by atoms with E-state index in [4.69, 9.17) is 17.0 Å². The molecule has 0 N–H and O–H groups in total. The first-order valence-electron chi connectivity index (χ1n) is 5.21. The molecule has 2 atom stereocenters. The van der Waals surface area contributed by atoms with Gasteiger partial charge in [0.25, 0.3) is 5.17 Å². The molecule has 2 rings (SSSR count). The Morgan fingerprint density at radius 2 is 2.15 bits per heavy atom. The fraction of sp³-hybridized carbons (Fsp3) is 0.900. The van der Waals surface area contributed by atoms with Crippen LogP contribution < -0.4 is 0 Å². The Labute approximate surface area is 86.3 Å². The minimum Gasteiger partial charge on any atom is -0.469 e. The van der Waals surface area contributed by atoms with E-state index in [2.05, 4.69) is 11.8 Å². The van der Waals surface area contributed by atoms with Crippen molar-refractivity contribution in [3.63, 3.8) is 0 Å². The standard InChI is InChI=1S/C8H13NOS.C2H6/c1-6-2-3-9-7(4-6)5-10-8(9)11;1-2/h6-7H,2-5H2,1H3;1-2H3. The van der Waals surface area contributed by atoms with Crippen molar-refractivity contribution in [2.75, 3.05) is 13.2 Å². The summed E-state index contributed by atoms with van der Waals surface area (Å²) in [4.78, 5) is 2.23. The second kappa shape index (κ2) is 4.80. The molecule has 2 fully saturated rings. The van der Waals surface area contributed by atoms with E-state index in [0.29, 0.717) is 6.04 Å². The predicted molar refractivity (Wildman–Crippen MR) is 58.8 cm³/mol. The number of rotatable bonds is 0. The normalized spacial score (nSPS) is 31.6. The van der Waals surface area contributed by atoms with Gasteiger partial charge in [-0.15, -0.1) is 0 Å². The van der Waals surface area contributed by atoms with Gasteiger partial charge in [-0.2, -0.15) is 0 Å². The Morgan fingerprint density at radius 3 is 2.85 bits per heavy atom. The molecule has 13 heavy (non-hydrogen) atoms. The van der Waals surface area contributed by atoms with Crippen LogP contribution in [0.1, 0.15) is 33.6 Å². The summed E-state index contributed by atoms with van der Waals surface area (Å²) in [5.74, 6) is 0.848. The van der Waals surface area contributed by atoms with Crippen molar-refractivity contribution in [3.05, 3.63) is 0 Å². The Balaban J connectivity index is 0.000000396. The highest BCUT2D eigenvalue weighted by Gasteiger charge is 2.34. The molecule has 0 spiro atoms. The van der Waals surface area contributed by atoms with Gasteiger partial charge in [0.2, 0.25) is 0 Å².